The molecule has 0 bridgehead atoms. The Kier molecular flexibility index (Phi) is 11.9. The van der Waals surface area contributed by atoms with Crippen LogP contribution in [0.15, 0.2) is 48.5 Å². The van der Waals surface area contributed by atoms with Crippen LogP contribution in [0.5, 0.6) is 0 Å². The zero-order valence-corrected chi connectivity index (χ0v) is 20.5. The molecule has 0 aromatic heterocycles. The maximum atomic E-state index is 11.6. The van der Waals surface area contributed by atoms with Crippen LogP contribution >= 0.6 is 45.2 Å². The lowest BCUT2D eigenvalue weighted by Gasteiger charge is -2.07. The molecular weight excluding hydrogens is 578 g/mol. The maximum Gasteiger partial charge on any atom is 0.508 e. The van der Waals surface area contributed by atoms with Crippen molar-refractivity contribution in [3.63, 3.8) is 0 Å². The number of aryl methyl sites for hydroxylation is 2. The van der Waals surface area contributed by atoms with E-state index in [1.807, 2.05) is 0 Å². The van der Waals surface area contributed by atoms with Gasteiger partial charge in [-0.15, -0.1) is 0 Å². The van der Waals surface area contributed by atoms with Crippen molar-refractivity contribution < 1.29 is 14.3 Å². The molecule has 0 aliphatic rings. The molecule has 0 amide bonds. The number of carbonyl (C=O) groups is 1. The topological polar surface area (TPSA) is 35.5 Å². The van der Waals surface area contributed by atoms with Crippen molar-refractivity contribution in [2.45, 2.75) is 51.4 Å². The summed E-state index contributed by atoms with van der Waals surface area (Å²) in [5.41, 5.74) is 2.73. The molecule has 0 saturated carbocycles. The van der Waals surface area contributed by atoms with Gasteiger partial charge in [0.2, 0.25) is 0 Å². The molecule has 2 aromatic rings. The van der Waals surface area contributed by atoms with E-state index < -0.39 is 6.16 Å². The van der Waals surface area contributed by atoms with Crippen LogP contribution in [-0.4, -0.2) is 19.4 Å². The third-order valence-corrected chi connectivity index (χ3v) is 5.92. The van der Waals surface area contributed by atoms with Crippen molar-refractivity contribution in [1.82, 2.24) is 0 Å². The van der Waals surface area contributed by atoms with Gasteiger partial charge >= 0.3 is 6.16 Å². The molecule has 3 nitrogen and oxygen atoms in total. The second-order valence-corrected chi connectivity index (χ2v) is 9.31. The molecule has 0 radical (unpaired) electrons. The Bertz CT molecular complexity index is 624. The molecule has 5 heteroatoms. The summed E-state index contributed by atoms with van der Waals surface area (Å²) in [6.07, 6.45) is 7.71. The van der Waals surface area contributed by atoms with E-state index in [0.717, 1.165) is 51.4 Å². The Morgan fingerprint density at radius 3 is 1.39 bits per heavy atom. The normalized spacial score (nSPS) is 10.6. The summed E-state index contributed by atoms with van der Waals surface area (Å²) in [4.78, 5) is 11.6. The zero-order chi connectivity index (χ0) is 20.0. The summed E-state index contributed by atoms with van der Waals surface area (Å²) >= 11 is 4.63. The molecule has 28 heavy (non-hydrogen) atoms. The number of carbonyl (C=O) groups excluding carboxylic acids is 1. The first-order valence-electron chi connectivity index (χ1n) is 9.92. The van der Waals surface area contributed by atoms with Crippen LogP contribution in [0.1, 0.15) is 49.7 Å². The Balaban J connectivity index is 1.39. The minimum Gasteiger partial charge on any atom is -0.434 e. The SMILES string of the molecule is O=C(OCCCCCc1ccc(I)cc1)OCCCCCc1ccc(I)cc1. The van der Waals surface area contributed by atoms with E-state index in [1.165, 1.54) is 18.3 Å². The molecule has 0 spiro atoms. The first-order chi connectivity index (χ1) is 13.6. The zero-order valence-electron chi connectivity index (χ0n) is 16.2. The highest BCUT2D eigenvalue weighted by molar-refractivity contribution is 14.1. The number of hydrogen-bond acceptors (Lipinski definition) is 3. The molecule has 2 aromatic carbocycles. The summed E-state index contributed by atoms with van der Waals surface area (Å²) in [6, 6.07) is 17.3. The Hall–Kier alpha value is -0.830. The number of rotatable bonds is 12. The third-order valence-electron chi connectivity index (χ3n) is 4.49. The molecule has 0 atom stereocenters. The second-order valence-electron chi connectivity index (χ2n) is 6.82. The van der Waals surface area contributed by atoms with E-state index in [1.54, 1.807) is 0 Å². The maximum absolute atomic E-state index is 11.6. The average molecular weight is 606 g/mol. The monoisotopic (exact) mass is 606 g/mol. The summed E-state index contributed by atoms with van der Waals surface area (Å²) < 4.78 is 12.8. The Morgan fingerprint density at radius 1 is 0.607 bits per heavy atom. The van der Waals surface area contributed by atoms with Gasteiger partial charge in [0.25, 0.3) is 0 Å². The first kappa shape index (κ1) is 23.4. The van der Waals surface area contributed by atoms with Crippen LogP contribution in [-0.2, 0) is 22.3 Å². The Morgan fingerprint density at radius 2 is 1.00 bits per heavy atom. The van der Waals surface area contributed by atoms with Crippen LogP contribution in [0.25, 0.3) is 0 Å². The van der Waals surface area contributed by atoms with Gasteiger partial charge in [0, 0.05) is 7.14 Å². The highest BCUT2D eigenvalue weighted by Gasteiger charge is 2.03. The van der Waals surface area contributed by atoms with Crippen molar-refractivity contribution in [1.29, 1.82) is 0 Å². The lowest BCUT2D eigenvalue weighted by atomic mass is 10.1. The van der Waals surface area contributed by atoms with Crippen molar-refractivity contribution in [2.75, 3.05) is 13.2 Å². The van der Waals surface area contributed by atoms with Gasteiger partial charge in [0.15, 0.2) is 0 Å². The van der Waals surface area contributed by atoms with Crippen molar-refractivity contribution in [2.24, 2.45) is 0 Å². The second kappa shape index (κ2) is 14.2. The third kappa shape index (κ3) is 10.6. The summed E-state index contributed by atoms with van der Waals surface area (Å²) in [5, 5.41) is 0. The number of ether oxygens (including phenoxy) is 2. The fraction of sp³-hybridized carbons (Fsp3) is 0.435. The van der Waals surface area contributed by atoms with Gasteiger partial charge in [0.05, 0.1) is 13.2 Å². The lowest BCUT2D eigenvalue weighted by Crippen LogP contribution is -2.09. The molecule has 0 aliphatic carbocycles. The predicted molar refractivity (Wildman–Crippen MR) is 131 cm³/mol. The minimum absolute atomic E-state index is 0.443. The highest BCUT2D eigenvalue weighted by Crippen LogP contribution is 2.11. The number of unbranched alkanes of at least 4 members (excludes halogenated alkanes) is 4. The van der Waals surface area contributed by atoms with Gasteiger partial charge in [-0.05, 0) is 132 Å². The molecular formula is C23H28I2O3. The highest BCUT2D eigenvalue weighted by atomic mass is 127. The van der Waals surface area contributed by atoms with E-state index in [2.05, 4.69) is 93.7 Å². The van der Waals surface area contributed by atoms with Gasteiger partial charge < -0.3 is 9.47 Å². The quantitative estimate of drug-likeness (QED) is 0.146. The van der Waals surface area contributed by atoms with E-state index in [9.17, 15) is 4.79 Å². The van der Waals surface area contributed by atoms with Gasteiger partial charge in [-0.2, -0.15) is 0 Å². The fourth-order valence-electron chi connectivity index (χ4n) is 2.87. The largest absolute Gasteiger partial charge is 0.508 e. The molecule has 152 valence electrons. The fourth-order valence-corrected chi connectivity index (χ4v) is 3.59. The summed E-state index contributed by atoms with van der Waals surface area (Å²) in [7, 11) is 0. The predicted octanol–water partition coefficient (Wildman–Crippen LogP) is 7.17. The molecule has 0 heterocycles. The van der Waals surface area contributed by atoms with Crippen molar-refractivity contribution in [3.8, 4) is 0 Å². The van der Waals surface area contributed by atoms with Crippen molar-refractivity contribution >= 4 is 51.3 Å². The molecule has 0 saturated heterocycles. The molecule has 2 rings (SSSR count). The summed E-state index contributed by atoms with van der Waals surface area (Å²) in [5.74, 6) is 0. The van der Waals surface area contributed by atoms with E-state index >= 15 is 0 Å². The summed E-state index contributed by atoms with van der Waals surface area (Å²) in [6.45, 7) is 0.886. The molecule has 0 fully saturated rings. The lowest BCUT2D eigenvalue weighted by molar-refractivity contribution is 0.0529. The van der Waals surface area contributed by atoms with Crippen LogP contribution in [0.2, 0.25) is 0 Å². The van der Waals surface area contributed by atoms with Crippen LogP contribution < -0.4 is 0 Å². The van der Waals surface area contributed by atoms with Crippen LogP contribution in [0.4, 0.5) is 4.79 Å². The molecule has 0 unspecified atom stereocenters. The molecule has 0 aliphatic heterocycles. The van der Waals surface area contributed by atoms with E-state index in [-0.39, 0.29) is 0 Å². The van der Waals surface area contributed by atoms with Crippen molar-refractivity contribution in [3.05, 3.63) is 66.8 Å². The average Bonchev–Trinajstić information content (AvgIpc) is 2.70. The van der Waals surface area contributed by atoms with Gasteiger partial charge in [-0.25, -0.2) is 4.79 Å². The number of hydrogen-bond donors (Lipinski definition) is 0. The minimum atomic E-state index is -0.532. The molecule has 0 N–H and O–H groups in total. The number of halogens is 2. The van der Waals surface area contributed by atoms with Gasteiger partial charge in [0.1, 0.15) is 0 Å². The number of benzene rings is 2. The van der Waals surface area contributed by atoms with E-state index in [4.69, 9.17) is 9.47 Å². The van der Waals surface area contributed by atoms with Crippen LogP contribution in [0, 0.1) is 7.14 Å². The van der Waals surface area contributed by atoms with E-state index in [0.29, 0.717) is 13.2 Å². The smallest absolute Gasteiger partial charge is 0.434 e. The Labute approximate surface area is 195 Å². The van der Waals surface area contributed by atoms with Gasteiger partial charge in [-0.1, -0.05) is 24.3 Å². The first-order valence-corrected chi connectivity index (χ1v) is 12.1. The van der Waals surface area contributed by atoms with Crippen LogP contribution in [0.3, 0.4) is 0 Å². The standard InChI is InChI=1S/C23H28I2O3/c24-21-13-9-19(10-14-21)7-3-1-5-17-27-23(26)28-18-6-2-4-8-20-11-15-22(25)16-12-20/h9-16H,1-8,17-18H2. The van der Waals surface area contributed by atoms with Gasteiger partial charge in [-0.3, -0.25) is 0 Å².